The van der Waals surface area contributed by atoms with E-state index in [1.54, 1.807) is 31.2 Å². The van der Waals surface area contributed by atoms with Crippen LogP contribution in [-0.4, -0.2) is 33.3 Å². The number of amides is 2. The quantitative estimate of drug-likeness (QED) is 0.713. The highest BCUT2D eigenvalue weighted by Crippen LogP contribution is 2.03. The molecule has 0 aliphatic carbocycles. The van der Waals surface area contributed by atoms with Crippen molar-refractivity contribution in [2.24, 2.45) is 0 Å². The summed E-state index contributed by atoms with van der Waals surface area (Å²) >= 11 is 0. The predicted molar refractivity (Wildman–Crippen MR) is 70.9 cm³/mol. The van der Waals surface area contributed by atoms with Crippen molar-refractivity contribution in [2.45, 2.75) is 6.92 Å². The topological polar surface area (TPSA) is 87.3 Å². The molecule has 6 nitrogen and oxygen atoms in total. The SMILES string of the molecule is CCNS(=O)(=O)CCNC(=O)Nc1ccccc1. The predicted octanol–water partition coefficient (Wildman–Crippen LogP) is 0.747. The molecule has 1 aromatic carbocycles. The van der Waals surface area contributed by atoms with Crippen molar-refractivity contribution >= 4 is 21.7 Å². The molecule has 3 N–H and O–H groups in total. The van der Waals surface area contributed by atoms with E-state index in [1.165, 1.54) is 0 Å². The van der Waals surface area contributed by atoms with Crippen LogP contribution in [0.4, 0.5) is 10.5 Å². The van der Waals surface area contributed by atoms with Crippen LogP contribution in [0.15, 0.2) is 30.3 Å². The second kappa shape index (κ2) is 6.97. The van der Waals surface area contributed by atoms with Gasteiger partial charge in [-0.3, -0.25) is 0 Å². The Hall–Kier alpha value is -1.60. The zero-order valence-corrected chi connectivity index (χ0v) is 11.0. The maximum absolute atomic E-state index is 11.4. The van der Waals surface area contributed by atoms with E-state index in [2.05, 4.69) is 15.4 Å². The molecule has 0 spiro atoms. The minimum atomic E-state index is -3.29. The fourth-order valence-electron chi connectivity index (χ4n) is 1.29. The smallest absolute Gasteiger partial charge is 0.319 e. The molecule has 1 rings (SSSR count). The van der Waals surface area contributed by atoms with Crippen molar-refractivity contribution in [3.05, 3.63) is 30.3 Å². The van der Waals surface area contributed by atoms with Crippen molar-refractivity contribution < 1.29 is 13.2 Å². The van der Waals surface area contributed by atoms with Gasteiger partial charge in [0.2, 0.25) is 10.0 Å². The van der Waals surface area contributed by atoms with Crippen LogP contribution in [0.5, 0.6) is 0 Å². The molecule has 0 radical (unpaired) electrons. The molecule has 0 bridgehead atoms. The summed E-state index contributed by atoms with van der Waals surface area (Å²) in [5, 5.41) is 5.07. The summed E-state index contributed by atoms with van der Waals surface area (Å²) in [5.41, 5.74) is 0.657. The Labute approximate surface area is 107 Å². The lowest BCUT2D eigenvalue weighted by Crippen LogP contribution is -2.36. The van der Waals surface area contributed by atoms with E-state index in [0.717, 1.165) is 0 Å². The van der Waals surface area contributed by atoms with E-state index >= 15 is 0 Å². The van der Waals surface area contributed by atoms with Crippen molar-refractivity contribution in [2.75, 3.05) is 24.2 Å². The normalized spacial score (nSPS) is 10.9. The van der Waals surface area contributed by atoms with Crippen LogP contribution in [-0.2, 0) is 10.0 Å². The summed E-state index contributed by atoms with van der Waals surface area (Å²) < 4.78 is 24.9. The Balaban J connectivity index is 2.30. The third-order valence-corrected chi connectivity index (χ3v) is 3.52. The van der Waals surface area contributed by atoms with Crippen LogP contribution >= 0.6 is 0 Å². The Morgan fingerprint density at radius 2 is 1.89 bits per heavy atom. The summed E-state index contributed by atoms with van der Waals surface area (Å²) in [4.78, 5) is 11.4. The highest BCUT2D eigenvalue weighted by molar-refractivity contribution is 7.89. The number of hydrogen-bond acceptors (Lipinski definition) is 3. The monoisotopic (exact) mass is 271 g/mol. The molecule has 0 aliphatic rings. The third-order valence-electron chi connectivity index (χ3n) is 2.05. The number of nitrogens with one attached hydrogen (secondary N) is 3. The largest absolute Gasteiger partial charge is 0.337 e. The number of benzene rings is 1. The summed E-state index contributed by atoms with van der Waals surface area (Å²) in [6, 6.07) is 8.50. The Bertz CT molecular complexity index is 474. The highest BCUT2D eigenvalue weighted by Gasteiger charge is 2.08. The van der Waals surface area contributed by atoms with Gasteiger partial charge in [0.1, 0.15) is 0 Å². The van der Waals surface area contributed by atoms with Gasteiger partial charge in [-0.25, -0.2) is 17.9 Å². The molecule has 18 heavy (non-hydrogen) atoms. The fourth-order valence-corrected chi connectivity index (χ4v) is 2.24. The number of carbonyl (C=O) groups is 1. The van der Waals surface area contributed by atoms with Crippen molar-refractivity contribution in [1.29, 1.82) is 0 Å². The van der Waals surface area contributed by atoms with Gasteiger partial charge in [0.15, 0.2) is 0 Å². The van der Waals surface area contributed by atoms with Crippen molar-refractivity contribution in [1.82, 2.24) is 10.0 Å². The lowest BCUT2D eigenvalue weighted by atomic mass is 10.3. The standard InChI is InChI=1S/C11H17N3O3S/c1-2-13-18(16,17)9-8-12-11(15)14-10-6-4-3-5-7-10/h3-7,13H,2,8-9H2,1H3,(H2,12,14,15). The van der Waals surface area contributed by atoms with E-state index in [0.29, 0.717) is 12.2 Å². The lowest BCUT2D eigenvalue weighted by Gasteiger charge is -2.08. The minimum Gasteiger partial charge on any atom is -0.337 e. The van der Waals surface area contributed by atoms with Gasteiger partial charge in [-0.2, -0.15) is 0 Å². The molecule has 2 amide bonds. The zero-order chi connectivity index (χ0) is 13.4. The van der Waals surface area contributed by atoms with Gasteiger partial charge < -0.3 is 10.6 Å². The van der Waals surface area contributed by atoms with E-state index in [4.69, 9.17) is 0 Å². The van der Waals surface area contributed by atoms with Crippen LogP contribution in [0, 0.1) is 0 Å². The van der Waals surface area contributed by atoms with Gasteiger partial charge >= 0.3 is 6.03 Å². The number of hydrogen-bond donors (Lipinski definition) is 3. The molecule has 0 atom stereocenters. The van der Waals surface area contributed by atoms with Gasteiger partial charge in [0.25, 0.3) is 0 Å². The number of rotatable bonds is 6. The van der Waals surface area contributed by atoms with E-state index in [1.807, 2.05) is 6.07 Å². The van der Waals surface area contributed by atoms with Crippen molar-refractivity contribution in [3.8, 4) is 0 Å². The number of urea groups is 1. The lowest BCUT2D eigenvalue weighted by molar-refractivity contribution is 0.252. The summed E-state index contributed by atoms with van der Waals surface area (Å²) in [7, 11) is -3.29. The first-order valence-corrected chi connectivity index (χ1v) is 7.26. The molecule has 0 fully saturated rings. The molecule has 0 unspecified atom stereocenters. The third kappa shape index (κ3) is 5.65. The maximum atomic E-state index is 11.4. The van der Waals surface area contributed by atoms with Gasteiger partial charge in [-0.1, -0.05) is 25.1 Å². The van der Waals surface area contributed by atoms with Gasteiger partial charge in [0.05, 0.1) is 5.75 Å². The average molecular weight is 271 g/mol. The van der Waals surface area contributed by atoms with Crippen molar-refractivity contribution in [3.63, 3.8) is 0 Å². The summed E-state index contributed by atoms with van der Waals surface area (Å²) in [6.07, 6.45) is 0. The second-order valence-corrected chi connectivity index (χ2v) is 5.49. The van der Waals surface area contributed by atoms with Gasteiger partial charge in [-0.05, 0) is 12.1 Å². The highest BCUT2D eigenvalue weighted by atomic mass is 32.2. The van der Waals surface area contributed by atoms with E-state index in [-0.39, 0.29) is 12.3 Å². The van der Waals surface area contributed by atoms with Gasteiger partial charge in [0, 0.05) is 18.8 Å². The minimum absolute atomic E-state index is 0.0635. The number of anilines is 1. The molecule has 0 heterocycles. The Morgan fingerprint density at radius 3 is 2.50 bits per heavy atom. The first kappa shape index (κ1) is 14.5. The number of sulfonamides is 1. The fraction of sp³-hybridized carbons (Fsp3) is 0.364. The molecule has 0 aliphatic heterocycles. The first-order valence-electron chi connectivity index (χ1n) is 5.61. The molecule has 100 valence electrons. The van der Waals surface area contributed by atoms with Crippen LogP contribution in [0.3, 0.4) is 0 Å². The molecule has 7 heteroatoms. The van der Waals surface area contributed by atoms with Crippen LogP contribution in [0.1, 0.15) is 6.92 Å². The molecule has 0 aromatic heterocycles. The molecule has 1 aromatic rings. The zero-order valence-electron chi connectivity index (χ0n) is 10.1. The first-order chi connectivity index (χ1) is 8.53. The Kier molecular flexibility index (Phi) is 5.60. The molecule has 0 saturated heterocycles. The second-order valence-electron chi connectivity index (χ2n) is 3.56. The van der Waals surface area contributed by atoms with Gasteiger partial charge in [-0.15, -0.1) is 0 Å². The summed E-state index contributed by atoms with van der Waals surface area (Å²) in [6.45, 7) is 2.11. The maximum Gasteiger partial charge on any atom is 0.319 e. The van der Waals surface area contributed by atoms with E-state index in [9.17, 15) is 13.2 Å². The van der Waals surface area contributed by atoms with E-state index < -0.39 is 16.1 Å². The van der Waals surface area contributed by atoms with Crippen LogP contribution < -0.4 is 15.4 Å². The Morgan fingerprint density at radius 1 is 1.22 bits per heavy atom. The number of carbonyl (C=O) groups excluding carboxylic acids is 1. The number of para-hydroxylation sites is 1. The summed E-state index contributed by atoms with van der Waals surface area (Å²) in [5.74, 6) is -0.136. The molecular formula is C11H17N3O3S. The molecular weight excluding hydrogens is 254 g/mol. The average Bonchev–Trinajstić information content (AvgIpc) is 2.29. The van der Waals surface area contributed by atoms with Crippen LogP contribution in [0.25, 0.3) is 0 Å². The molecule has 0 saturated carbocycles. The van der Waals surface area contributed by atoms with Crippen LogP contribution in [0.2, 0.25) is 0 Å².